The van der Waals surface area contributed by atoms with Crippen molar-refractivity contribution in [2.45, 2.75) is 13.5 Å². The molecule has 2 aromatic heterocycles. The van der Waals surface area contributed by atoms with Crippen LogP contribution in [0, 0.1) is 6.92 Å². The Morgan fingerprint density at radius 1 is 1.56 bits per heavy atom. The fourth-order valence-electron chi connectivity index (χ4n) is 1.42. The zero-order valence-electron chi connectivity index (χ0n) is 9.98. The highest BCUT2D eigenvalue weighted by Gasteiger charge is 2.17. The van der Waals surface area contributed by atoms with Crippen LogP contribution in [0.5, 0.6) is 0 Å². The molecule has 0 aliphatic heterocycles. The van der Waals surface area contributed by atoms with E-state index in [4.69, 9.17) is 5.73 Å². The third-order valence-electron chi connectivity index (χ3n) is 2.26. The Balaban J connectivity index is 2.12. The van der Waals surface area contributed by atoms with E-state index in [9.17, 15) is 4.79 Å². The Morgan fingerprint density at radius 3 is 2.94 bits per heavy atom. The number of aromatic nitrogens is 2. The molecule has 0 unspecified atom stereocenters. The minimum absolute atomic E-state index is 0.232. The molecule has 2 aromatic rings. The Labute approximate surface area is 112 Å². The lowest BCUT2D eigenvalue weighted by Gasteiger charge is -2.04. The molecule has 18 heavy (non-hydrogen) atoms. The number of nitrogen functional groups attached to an aromatic ring is 1. The molecule has 0 aliphatic rings. The summed E-state index contributed by atoms with van der Waals surface area (Å²) in [5.74, 6) is 0.0200. The number of rotatable bonds is 4. The molecule has 0 atom stereocenters. The van der Waals surface area contributed by atoms with E-state index < -0.39 is 0 Å². The SMILES string of the molecule is CNC(=O)c1c(N)nsc1NCc1cnc(C)s1. The van der Waals surface area contributed by atoms with Gasteiger partial charge in [0.15, 0.2) is 5.82 Å². The molecule has 6 nitrogen and oxygen atoms in total. The largest absolute Gasteiger partial charge is 0.382 e. The van der Waals surface area contributed by atoms with E-state index in [2.05, 4.69) is 20.0 Å². The molecule has 0 bridgehead atoms. The molecule has 0 aliphatic carbocycles. The summed E-state index contributed by atoms with van der Waals surface area (Å²) < 4.78 is 3.99. The molecular formula is C10H13N5OS2. The minimum Gasteiger partial charge on any atom is -0.382 e. The Morgan fingerprint density at radius 2 is 2.33 bits per heavy atom. The first kappa shape index (κ1) is 12.8. The molecule has 2 rings (SSSR count). The van der Waals surface area contributed by atoms with Gasteiger partial charge in [-0.15, -0.1) is 11.3 Å². The topological polar surface area (TPSA) is 92.9 Å². The lowest BCUT2D eigenvalue weighted by Crippen LogP contribution is -2.19. The second-order valence-electron chi connectivity index (χ2n) is 3.55. The number of thiazole rings is 1. The van der Waals surface area contributed by atoms with Crippen LogP contribution in [0.15, 0.2) is 6.20 Å². The highest BCUT2D eigenvalue weighted by atomic mass is 32.1. The van der Waals surface area contributed by atoms with Gasteiger partial charge in [-0.25, -0.2) is 4.98 Å². The fraction of sp³-hybridized carbons (Fsp3) is 0.300. The van der Waals surface area contributed by atoms with E-state index in [0.717, 1.165) is 9.88 Å². The highest BCUT2D eigenvalue weighted by Crippen LogP contribution is 2.27. The minimum atomic E-state index is -0.232. The number of hydrogen-bond donors (Lipinski definition) is 3. The zero-order chi connectivity index (χ0) is 13.1. The van der Waals surface area contributed by atoms with Gasteiger partial charge < -0.3 is 16.4 Å². The molecular weight excluding hydrogens is 270 g/mol. The van der Waals surface area contributed by atoms with Crippen LogP contribution < -0.4 is 16.4 Å². The summed E-state index contributed by atoms with van der Waals surface area (Å²) in [6.45, 7) is 2.56. The van der Waals surface area contributed by atoms with Crippen LogP contribution in [0.1, 0.15) is 20.2 Å². The van der Waals surface area contributed by atoms with Gasteiger partial charge >= 0.3 is 0 Å². The van der Waals surface area contributed by atoms with Crippen molar-refractivity contribution in [1.82, 2.24) is 14.7 Å². The van der Waals surface area contributed by atoms with Crippen LogP contribution in [-0.2, 0) is 6.54 Å². The van der Waals surface area contributed by atoms with E-state index in [1.807, 2.05) is 13.1 Å². The summed E-state index contributed by atoms with van der Waals surface area (Å²) in [5.41, 5.74) is 6.09. The average Bonchev–Trinajstić information content (AvgIpc) is 2.92. The first-order chi connectivity index (χ1) is 8.61. The predicted octanol–water partition coefficient (Wildman–Crippen LogP) is 1.46. The molecule has 8 heteroatoms. The van der Waals surface area contributed by atoms with Gasteiger partial charge in [-0.2, -0.15) is 4.37 Å². The van der Waals surface area contributed by atoms with Gasteiger partial charge in [0.2, 0.25) is 0 Å². The fourth-order valence-corrected chi connectivity index (χ4v) is 2.86. The summed E-state index contributed by atoms with van der Waals surface area (Å²) in [6, 6.07) is 0. The Hall–Kier alpha value is -1.67. The van der Waals surface area contributed by atoms with Gasteiger partial charge in [0, 0.05) is 18.1 Å². The number of nitrogens with two attached hydrogens (primary N) is 1. The van der Waals surface area contributed by atoms with Crippen molar-refractivity contribution >= 4 is 39.6 Å². The van der Waals surface area contributed by atoms with Crippen LogP contribution in [0.4, 0.5) is 10.8 Å². The zero-order valence-corrected chi connectivity index (χ0v) is 11.6. The number of carbonyl (C=O) groups is 1. The maximum atomic E-state index is 11.7. The predicted molar refractivity (Wildman–Crippen MR) is 74.1 cm³/mol. The number of hydrogen-bond acceptors (Lipinski definition) is 7. The van der Waals surface area contributed by atoms with Crippen LogP contribution in [-0.4, -0.2) is 22.3 Å². The lowest BCUT2D eigenvalue weighted by molar-refractivity contribution is 0.0965. The molecule has 0 saturated carbocycles. The lowest BCUT2D eigenvalue weighted by atomic mass is 10.3. The molecule has 0 radical (unpaired) electrons. The van der Waals surface area contributed by atoms with E-state index in [1.165, 1.54) is 11.5 Å². The van der Waals surface area contributed by atoms with Gasteiger partial charge in [0.25, 0.3) is 5.91 Å². The third-order valence-corrected chi connectivity index (χ3v) is 4.00. The van der Waals surface area contributed by atoms with Gasteiger partial charge in [-0.05, 0) is 18.5 Å². The number of carbonyl (C=O) groups excluding carboxylic acids is 1. The molecule has 4 N–H and O–H groups in total. The van der Waals surface area contributed by atoms with Crippen LogP contribution in [0.3, 0.4) is 0 Å². The normalized spacial score (nSPS) is 10.3. The van der Waals surface area contributed by atoms with E-state index >= 15 is 0 Å². The number of nitrogens with one attached hydrogen (secondary N) is 2. The number of aryl methyl sites for hydroxylation is 1. The number of nitrogens with zero attached hydrogens (tertiary/aromatic N) is 2. The van der Waals surface area contributed by atoms with Crippen molar-refractivity contribution in [3.63, 3.8) is 0 Å². The average molecular weight is 283 g/mol. The van der Waals surface area contributed by atoms with Crippen molar-refractivity contribution in [3.05, 3.63) is 21.6 Å². The molecule has 96 valence electrons. The molecule has 0 saturated heterocycles. The summed E-state index contributed by atoms with van der Waals surface area (Å²) in [7, 11) is 1.57. The van der Waals surface area contributed by atoms with E-state index in [0.29, 0.717) is 17.1 Å². The van der Waals surface area contributed by atoms with E-state index in [1.54, 1.807) is 18.4 Å². The highest BCUT2D eigenvalue weighted by molar-refractivity contribution is 7.12. The van der Waals surface area contributed by atoms with Crippen molar-refractivity contribution < 1.29 is 4.79 Å². The third kappa shape index (κ3) is 2.59. The first-order valence-corrected chi connectivity index (χ1v) is 6.83. The van der Waals surface area contributed by atoms with Gasteiger partial charge in [0.05, 0.1) is 11.6 Å². The number of anilines is 2. The summed E-state index contributed by atoms with van der Waals surface area (Å²) >= 11 is 2.80. The second-order valence-corrected chi connectivity index (χ2v) is 5.64. The maximum Gasteiger partial charge on any atom is 0.257 e. The monoisotopic (exact) mass is 283 g/mol. The van der Waals surface area contributed by atoms with Crippen molar-refractivity contribution in [2.24, 2.45) is 0 Å². The Kier molecular flexibility index (Phi) is 3.78. The molecule has 0 spiro atoms. The summed E-state index contributed by atoms with van der Waals surface area (Å²) in [6.07, 6.45) is 1.82. The van der Waals surface area contributed by atoms with Crippen molar-refractivity contribution in [3.8, 4) is 0 Å². The molecule has 1 amide bonds. The van der Waals surface area contributed by atoms with Crippen LogP contribution in [0.2, 0.25) is 0 Å². The van der Waals surface area contributed by atoms with Gasteiger partial charge in [0.1, 0.15) is 10.6 Å². The molecule has 0 fully saturated rings. The van der Waals surface area contributed by atoms with E-state index in [-0.39, 0.29) is 11.7 Å². The second kappa shape index (κ2) is 5.32. The van der Waals surface area contributed by atoms with Gasteiger partial charge in [-0.1, -0.05) is 0 Å². The first-order valence-electron chi connectivity index (χ1n) is 5.24. The van der Waals surface area contributed by atoms with Crippen LogP contribution >= 0.6 is 22.9 Å². The summed E-state index contributed by atoms with van der Waals surface area (Å²) in [5, 5.41) is 7.41. The van der Waals surface area contributed by atoms with Gasteiger partial charge in [-0.3, -0.25) is 4.79 Å². The summed E-state index contributed by atoms with van der Waals surface area (Å²) in [4.78, 5) is 16.9. The Bertz CT molecular complexity index is 562. The maximum absolute atomic E-state index is 11.7. The molecule has 2 heterocycles. The quantitative estimate of drug-likeness (QED) is 0.790. The standard InChI is InChI=1S/C10H13N5OS2/c1-5-13-3-6(17-5)4-14-10-7(9(16)12-2)8(11)15-18-10/h3,14H,4H2,1-2H3,(H2,11,15)(H,12,16). The van der Waals surface area contributed by atoms with Crippen molar-refractivity contribution in [1.29, 1.82) is 0 Å². The van der Waals surface area contributed by atoms with Crippen LogP contribution in [0.25, 0.3) is 0 Å². The molecule has 0 aromatic carbocycles. The smallest absolute Gasteiger partial charge is 0.257 e. The van der Waals surface area contributed by atoms with Crippen molar-refractivity contribution in [2.75, 3.05) is 18.1 Å². The number of amides is 1.